The first-order chi connectivity index (χ1) is 8.68. The molecule has 0 spiro atoms. The summed E-state index contributed by atoms with van der Waals surface area (Å²) in [6.07, 6.45) is 6.23. The standard InChI is InChI=1S/C15H21FN2/c1-18-13-6-4-2-3-5-11(13)15(17)12-9-10(16)7-8-14(12)18/h7-9,11,13,15H,2-6,17H2,1H3. The van der Waals surface area contributed by atoms with E-state index in [-0.39, 0.29) is 11.9 Å². The van der Waals surface area contributed by atoms with Crippen molar-refractivity contribution >= 4 is 5.69 Å². The smallest absolute Gasteiger partial charge is 0.123 e. The van der Waals surface area contributed by atoms with Crippen LogP contribution in [0.5, 0.6) is 0 Å². The third kappa shape index (κ3) is 1.81. The van der Waals surface area contributed by atoms with Gasteiger partial charge in [-0.2, -0.15) is 0 Å². The van der Waals surface area contributed by atoms with Gasteiger partial charge in [-0.25, -0.2) is 4.39 Å². The Balaban J connectivity index is 2.04. The van der Waals surface area contributed by atoms with Crippen LogP contribution in [0.3, 0.4) is 0 Å². The Morgan fingerprint density at radius 2 is 2.00 bits per heavy atom. The molecule has 1 fully saturated rings. The molecule has 2 N–H and O–H groups in total. The summed E-state index contributed by atoms with van der Waals surface area (Å²) in [5.41, 5.74) is 8.51. The van der Waals surface area contributed by atoms with Gasteiger partial charge in [0.25, 0.3) is 0 Å². The Kier molecular flexibility index (Phi) is 3.02. The Hall–Kier alpha value is -1.09. The Morgan fingerprint density at radius 1 is 1.22 bits per heavy atom. The molecular weight excluding hydrogens is 227 g/mol. The van der Waals surface area contributed by atoms with Gasteiger partial charge in [0.05, 0.1) is 0 Å². The van der Waals surface area contributed by atoms with Gasteiger partial charge in [-0.3, -0.25) is 0 Å². The summed E-state index contributed by atoms with van der Waals surface area (Å²) < 4.78 is 13.4. The first-order valence-electron chi connectivity index (χ1n) is 6.96. The number of nitrogens with two attached hydrogens (primary N) is 1. The zero-order valence-corrected chi connectivity index (χ0v) is 10.9. The number of hydrogen-bond donors (Lipinski definition) is 1. The lowest BCUT2D eigenvalue weighted by molar-refractivity contribution is 0.310. The van der Waals surface area contributed by atoms with Crippen molar-refractivity contribution in [3.8, 4) is 0 Å². The molecule has 3 rings (SSSR count). The van der Waals surface area contributed by atoms with Crippen LogP contribution in [0.4, 0.5) is 10.1 Å². The molecule has 0 saturated heterocycles. The Labute approximate surface area is 108 Å². The molecule has 18 heavy (non-hydrogen) atoms. The lowest BCUT2D eigenvalue weighted by Gasteiger charge is -2.44. The lowest BCUT2D eigenvalue weighted by Crippen LogP contribution is -2.46. The van der Waals surface area contributed by atoms with E-state index in [9.17, 15) is 4.39 Å². The topological polar surface area (TPSA) is 29.3 Å². The van der Waals surface area contributed by atoms with Crippen LogP contribution in [-0.2, 0) is 0 Å². The summed E-state index contributed by atoms with van der Waals surface area (Å²) in [5, 5.41) is 0. The quantitative estimate of drug-likeness (QED) is 0.764. The number of fused-ring (bicyclic) bond motifs is 2. The van der Waals surface area contributed by atoms with Crippen molar-refractivity contribution in [3.63, 3.8) is 0 Å². The van der Waals surface area contributed by atoms with Crippen LogP contribution < -0.4 is 10.6 Å². The van der Waals surface area contributed by atoms with Crippen molar-refractivity contribution in [2.45, 2.75) is 44.2 Å². The van der Waals surface area contributed by atoms with Crippen LogP contribution in [0.1, 0.15) is 43.7 Å². The SMILES string of the molecule is CN1c2ccc(F)cc2C(N)C2CCCCCC21. The molecule has 0 aromatic heterocycles. The zero-order valence-electron chi connectivity index (χ0n) is 10.9. The summed E-state index contributed by atoms with van der Waals surface area (Å²) in [7, 11) is 2.13. The molecule has 98 valence electrons. The van der Waals surface area contributed by atoms with Crippen LogP contribution >= 0.6 is 0 Å². The average Bonchev–Trinajstić information content (AvgIpc) is 2.61. The second kappa shape index (κ2) is 4.54. The fourth-order valence-electron chi connectivity index (χ4n) is 3.74. The number of nitrogens with zero attached hydrogens (tertiary/aromatic N) is 1. The van der Waals surface area contributed by atoms with E-state index < -0.39 is 0 Å². The fourth-order valence-corrected chi connectivity index (χ4v) is 3.74. The molecule has 0 bridgehead atoms. The second-order valence-electron chi connectivity index (χ2n) is 5.71. The van der Waals surface area contributed by atoms with Gasteiger partial charge in [-0.1, -0.05) is 19.3 Å². The summed E-state index contributed by atoms with van der Waals surface area (Å²) in [4.78, 5) is 2.33. The maximum absolute atomic E-state index is 13.4. The van der Waals surface area contributed by atoms with Crippen molar-refractivity contribution < 1.29 is 4.39 Å². The number of benzene rings is 1. The minimum absolute atomic E-state index is 0.00463. The highest BCUT2D eigenvalue weighted by atomic mass is 19.1. The van der Waals surface area contributed by atoms with Crippen molar-refractivity contribution in [2.75, 3.05) is 11.9 Å². The molecular formula is C15H21FN2. The largest absolute Gasteiger partial charge is 0.371 e. The fraction of sp³-hybridized carbons (Fsp3) is 0.600. The first-order valence-corrected chi connectivity index (χ1v) is 6.96. The molecule has 1 aliphatic heterocycles. The zero-order chi connectivity index (χ0) is 12.7. The van der Waals surface area contributed by atoms with E-state index in [1.165, 1.54) is 32.1 Å². The highest BCUT2D eigenvalue weighted by molar-refractivity contribution is 5.58. The Morgan fingerprint density at radius 3 is 2.83 bits per heavy atom. The molecule has 1 aliphatic carbocycles. The highest BCUT2D eigenvalue weighted by Gasteiger charge is 2.38. The minimum Gasteiger partial charge on any atom is -0.371 e. The van der Waals surface area contributed by atoms with E-state index in [1.807, 2.05) is 6.07 Å². The minimum atomic E-state index is -0.176. The third-order valence-corrected chi connectivity index (χ3v) is 4.72. The van der Waals surface area contributed by atoms with E-state index in [4.69, 9.17) is 5.73 Å². The molecule has 0 amide bonds. The van der Waals surface area contributed by atoms with E-state index in [0.29, 0.717) is 12.0 Å². The predicted molar refractivity (Wildman–Crippen MR) is 72.1 cm³/mol. The van der Waals surface area contributed by atoms with E-state index in [0.717, 1.165) is 11.3 Å². The van der Waals surface area contributed by atoms with Crippen LogP contribution in [0, 0.1) is 11.7 Å². The van der Waals surface area contributed by atoms with Crippen LogP contribution in [-0.4, -0.2) is 13.1 Å². The third-order valence-electron chi connectivity index (χ3n) is 4.72. The van der Waals surface area contributed by atoms with Gasteiger partial charge < -0.3 is 10.6 Å². The van der Waals surface area contributed by atoms with Crippen molar-refractivity contribution in [1.82, 2.24) is 0 Å². The average molecular weight is 248 g/mol. The molecule has 2 nitrogen and oxygen atoms in total. The normalized spacial score (nSPS) is 31.5. The maximum atomic E-state index is 13.4. The second-order valence-corrected chi connectivity index (χ2v) is 5.71. The summed E-state index contributed by atoms with van der Waals surface area (Å²) in [5.74, 6) is 0.302. The van der Waals surface area contributed by atoms with E-state index in [2.05, 4.69) is 11.9 Å². The maximum Gasteiger partial charge on any atom is 0.123 e. The first kappa shape index (κ1) is 12.0. The van der Waals surface area contributed by atoms with Crippen LogP contribution in [0.15, 0.2) is 18.2 Å². The molecule has 1 saturated carbocycles. The van der Waals surface area contributed by atoms with Crippen LogP contribution in [0.2, 0.25) is 0 Å². The highest BCUT2D eigenvalue weighted by Crippen LogP contribution is 2.43. The van der Waals surface area contributed by atoms with Crippen molar-refractivity contribution in [2.24, 2.45) is 11.7 Å². The molecule has 3 unspecified atom stereocenters. The van der Waals surface area contributed by atoms with Gasteiger partial charge in [0.2, 0.25) is 0 Å². The van der Waals surface area contributed by atoms with Gasteiger partial charge in [-0.15, -0.1) is 0 Å². The van der Waals surface area contributed by atoms with Gasteiger partial charge in [-0.05, 0) is 42.5 Å². The van der Waals surface area contributed by atoms with Crippen molar-refractivity contribution in [1.29, 1.82) is 0 Å². The van der Waals surface area contributed by atoms with E-state index >= 15 is 0 Å². The Bertz CT molecular complexity index is 446. The number of rotatable bonds is 0. The van der Waals surface area contributed by atoms with Gasteiger partial charge in [0.15, 0.2) is 0 Å². The monoisotopic (exact) mass is 248 g/mol. The molecule has 1 aromatic carbocycles. The molecule has 0 radical (unpaired) electrons. The molecule has 2 aliphatic rings. The van der Waals surface area contributed by atoms with Gasteiger partial charge >= 0.3 is 0 Å². The summed E-state index contributed by atoms with van der Waals surface area (Å²) >= 11 is 0. The molecule has 1 aromatic rings. The summed E-state index contributed by atoms with van der Waals surface area (Å²) in [6, 6.07) is 5.57. The van der Waals surface area contributed by atoms with Gasteiger partial charge in [0.1, 0.15) is 5.82 Å². The lowest BCUT2D eigenvalue weighted by atomic mass is 9.79. The summed E-state index contributed by atoms with van der Waals surface area (Å²) in [6.45, 7) is 0. The van der Waals surface area contributed by atoms with Gasteiger partial charge in [0, 0.05) is 24.8 Å². The molecule has 1 heterocycles. The predicted octanol–water partition coefficient (Wildman–Crippen LogP) is 3.22. The van der Waals surface area contributed by atoms with Crippen molar-refractivity contribution in [3.05, 3.63) is 29.6 Å². The molecule has 3 heteroatoms. The molecule has 3 atom stereocenters. The number of halogens is 1. The van der Waals surface area contributed by atoms with E-state index in [1.54, 1.807) is 12.1 Å². The number of anilines is 1. The number of hydrogen-bond acceptors (Lipinski definition) is 2. The van der Waals surface area contributed by atoms with Crippen LogP contribution in [0.25, 0.3) is 0 Å².